The Labute approximate surface area is 116 Å². The Balaban J connectivity index is 2.04. The standard InChI is InChI=1S/C15H13NO4/c1-19-13-8-4-12(5-9-13)15(17)20-14-6-2-11(3-7-14)10-16-18/h2-9H,10H2,1H3. The van der Waals surface area contributed by atoms with Crippen molar-refractivity contribution in [2.75, 3.05) is 7.11 Å². The third-order valence-electron chi connectivity index (χ3n) is 2.71. The first-order valence-corrected chi connectivity index (χ1v) is 5.97. The highest BCUT2D eigenvalue weighted by molar-refractivity contribution is 5.91. The molecule has 2 aromatic rings. The van der Waals surface area contributed by atoms with Crippen LogP contribution in [-0.2, 0) is 6.54 Å². The summed E-state index contributed by atoms with van der Waals surface area (Å²) in [6, 6.07) is 13.3. The van der Waals surface area contributed by atoms with Crippen LogP contribution in [0.5, 0.6) is 11.5 Å². The minimum Gasteiger partial charge on any atom is -0.497 e. The van der Waals surface area contributed by atoms with Crippen LogP contribution in [0.25, 0.3) is 0 Å². The summed E-state index contributed by atoms with van der Waals surface area (Å²) in [6.45, 7) is 0.104. The number of carbonyl (C=O) groups excluding carboxylic acids is 1. The van der Waals surface area contributed by atoms with Gasteiger partial charge in [0, 0.05) is 0 Å². The molecular weight excluding hydrogens is 258 g/mol. The number of rotatable bonds is 5. The van der Waals surface area contributed by atoms with E-state index in [4.69, 9.17) is 9.47 Å². The summed E-state index contributed by atoms with van der Waals surface area (Å²) in [4.78, 5) is 22.0. The van der Waals surface area contributed by atoms with Crippen molar-refractivity contribution < 1.29 is 14.3 Å². The molecule has 0 radical (unpaired) electrons. The summed E-state index contributed by atoms with van der Waals surface area (Å²) >= 11 is 0. The molecule has 20 heavy (non-hydrogen) atoms. The number of nitroso groups, excluding NO2 is 1. The summed E-state index contributed by atoms with van der Waals surface area (Å²) in [5.41, 5.74) is 1.20. The lowest BCUT2D eigenvalue weighted by atomic mass is 10.2. The van der Waals surface area contributed by atoms with Crippen LogP contribution in [0, 0.1) is 4.91 Å². The molecule has 0 N–H and O–H groups in total. The van der Waals surface area contributed by atoms with Gasteiger partial charge in [0.2, 0.25) is 0 Å². The SMILES string of the molecule is COc1ccc(C(=O)Oc2ccc(CN=O)cc2)cc1. The number of hydrogen-bond donors (Lipinski definition) is 0. The second-order valence-electron chi connectivity index (χ2n) is 4.05. The van der Waals surface area contributed by atoms with E-state index >= 15 is 0 Å². The first-order valence-electron chi connectivity index (χ1n) is 5.97. The van der Waals surface area contributed by atoms with Gasteiger partial charge in [-0.25, -0.2) is 4.79 Å². The van der Waals surface area contributed by atoms with E-state index in [-0.39, 0.29) is 6.54 Å². The summed E-state index contributed by atoms with van der Waals surface area (Å²) in [6.07, 6.45) is 0. The van der Waals surface area contributed by atoms with E-state index in [1.165, 1.54) is 0 Å². The zero-order chi connectivity index (χ0) is 14.4. The second-order valence-corrected chi connectivity index (χ2v) is 4.05. The molecule has 0 aliphatic heterocycles. The lowest BCUT2D eigenvalue weighted by molar-refractivity contribution is 0.0734. The van der Waals surface area contributed by atoms with Gasteiger partial charge in [0.1, 0.15) is 18.0 Å². The second kappa shape index (κ2) is 6.47. The quantitative estimate of drug-likeness (QED) is 0.476. The Morgan fingerprint density at radius 3 is 2.15 bits per heavy atom. The Morgan fingerprint density at radius 1 is 1.00 bits per heavy atom. The fraction of sp³-hybridized carbons (Fsp3) is 0.133. The molecule has 0 heterocycles. The van der Waals surface area contributed by atoms with Gasteiger partial charge in [-0.05, 0) is 42.0 Å². The minimum atomic E-state index is -0.450. The van der Waals surface area contributed by atoms with Crippen LogP contribution in [0.3, 0.4) is 0 Å². The molecule has 0 aliphatic carbocycles. The van der Waals surface area contributed by atoms with Crippen molar-refractivity contribution in [1.82, 2.24) is 0 Å². The van der Waals surface area contributed by atoms with Gasteiger partial charge >= 0.3 is 5.97 Å². The van der Waals surface area contributed by atoms with Crippen molar-refractivity contribution in [3.8, 4) is 11.5 Å². The number of ether oxygens (including phenoxy) is 2. The lowest BCUT2D eigenvalue weighted by Gasteiger charge is -2.05. The Kier molecular flexibility index (Phi) is 4.44. The molecule has 5 heteroatoms. The van der Waals surface area contributed by atoms with Gasteiger partial charge in [0.05, 0.1) is 12.7 Å². The molecule has 2 aromatic carbocycles. The van der Waals surface area contributed by atoms with Crippen LogP contribution in [0.2, 0.25) is 0 Å². The predicted molar refractivity (Wildman–Crippen MR) is 73.9 cm³/mol. The third kappa shape index (κ3) is 3.41. The van der Waals surface area contributed by atoms with Crippen LogP contribution >= 0.6 is 0 Å². The number of benzene rings is 2. The van der Waals surface area contributed by atoms with Crippen molar-refractivity contribution in [3.63, 3.8) is 0 Å². The summed E-state index contributed by atoms with van der Waals surface area (Å²) < 4.78 is 10.2. The predicted octanol–water partition coefficient (Wildman–Crippen LogP) is 3.18. The molecule has 0 saturated carbocycles. The van der Waals surface area contributed by atoms with E-state index in [0.717, 1.165) is 5.56 Å². The van der Waals surface area contributed by atoms with Crippen LogP contribution in [0.4, 0.5) is 0 Å². The molecule has 0 amide bonds. The van der Waals surface area contributed by atoms with Gasteiger partial charge in [-0.1, -0.05) is 17.3 Å². The summed E-state index contributed by atoms with van der Waals surface area (Å²) in [5, 5.41) is 2.79. The molecule has 0 unspecified atom stereocenters. The zero-order valence-electron chi connectivity index (χ0n) is 10.9. The van der Waals surface area contributed by atoms with E-state index in [1.807, 2.05) is 0 Å². The van der Waals surface area contributed by atoms with Gasteiger partial charge in [-0.15, -0.1) is 0 Å². The molecule has 2 rings (SSSR count). The monoisotopic (exact) mass is 271 g/mol. The first-order chi connectivity index (χ1) is 9.72. The largest absolute Gasteiger partial charge is 0.497 e. The maximum absolute atomic E-state index is 11.9. The molecule has 0 saturated heterocycles. The van der Waals surface area contributed by atoms with Gasteiger partial charge in [-0.2, -0.15) is 4.91 Å². The van der Waals surface area contributed by atoms with Crippen molar-refractivity contribution in [3.05, 3.63) is 64.6 Å². The van der Waals surface area contributed by atoms with Crippen LogP contribution in [0.1, 0.15) is 15.9 Å². The molecule has 102 valence electrons. The number of methoxy groups -OCH3 is 1. The highest BCUT2D eigenvalue weighted by atomic mass is 16.5. The average Bonchev–Trinajstić information content (AvgIpc) is 2.49. The maximum Gasteiger partial charge on any atom is 0.343 e. The van der Waals surface area contributed by atoms with E-state index in [0.29, 0.717) is 17.1 Å². The summed E-state index contributed by atoms with van der Waals surface area (Å²) in [7, 11) is 1.56. The average molecular weight is 271 g/mol. The fourth-order valence-electron chi connectivity index (χ4n) is 1.63. The van der Waals surface area contributed by atoms with Crippen molar-refractivity contribution in [2.45, 2.75) is 6.54 Å². The molecule has 5 nitrogen and oxygen atoms in total. The maximum atomic E-state index is 11.9. The van der Waals surface area contributed by atoms with Crippen LogP contribution in [-0.4, -0.2) is 13.1 Å². The van der Waals surface area contributed by atoms with E-state index < -0.39 is 5.97 Å². The van der Waals surface area contributed by atoms with E-state index in [1.54, 1.807) is 55.6 Å². The Morgan fingerprint density at radius 2 is 1.60 bits per heavy atom. The minimum absolute atomic E-state index is 0.104. The molecule has 0 atom stereocenters. The lowest BCUT2D eigenvalue weighted by Crippen LogP contribution is -2.08. The van der Waals surface area contributed by atoms with Gasteiger partial charge in [0.15, 0.2) is 0 Å². The molecule has 0 bridgehead atoms. The van der Waals surface area contributed by atoms with Gasteiger partial charge in [0.25, 0.3) is 0 Å². The number of esters is 1. The highest BCUT2D eigenvalue weighted by Gasteiger charge is 2.08. The van der Waals surface area contributed by atoms with Crippen molar-refractivity contribution >= 4 is 5.97 Å². The van der Waals surface area contributed by atoms with Crippen LogP contribution < -0.4 is 9.47 Å². The normalized spacial score (nSPS) is 9.85. The molecular formula is C15H13NO4. The van der Waals surface area contributed by atoms with E-state index in [2.05, 4.69) is 5.18 Å². The number of carbonyl (C=O) groups is 1. The fourth-order valence-corrected chi connectivity index (χ4v) is 1.63. The van der Waals surface area contributed by atoms with Gasteiger partial charge < -0.3 is 9.47 Å². The summed E-state index contributed by atoms with van der Waals surface area (Å²) in [5.74, 6) is 0.640. The molecule has 0 aromatic heterocycles. The van der Waals surface area contributed by atoms with Crippen molar-refractivity contribution in [1.29, 1.82) is 0 Å². The molecule has 0 aliphatic rings. The number of nitrogens with zero attached hydrogens (tertiary/aromatic N) is 1. The Bertz CT molecular complexity index is 590. The zero-order valence-corrected chi connectivity index (χ0v) is 10.9. The van der Waals surface area contributed by atoms with Gasteiger partial charge in [-0.3, -0.25) is 0 Å². The van der Waals surface area contributed by atoms with E-state index in [9.17, 15) is 9.70 Å². The van der Waals surface area contributed by atoms with Crippen LogP contribution in [0.15, 0.2) is 53.7 Å². The molecule has 0 spiro atoms. The van der Waals surface area contributed by atoms with Crippen molar-refractivity contribution in [2.24, 2.45) is 5.18 Å². The Hall–Kier alpha value is -2.69. The first kappa shape index (κ1) is 13.7. The number of hydrogen-bond acceptors (Lipinski definition) is 5. The molecule has 0 fully saturated rings. The smallest absolute Gasteiger partial charge is 0.343 e. The third-order valence-corrected chi connectivity index (χ3v) is 2.71. The topological polar surface area (TPSA) is 65.0 Å². The highest BCUT2D eigenvalue weighted by Crippen LogP contribution is 2.16.